The number of hydrogen-bond acceptors (Lipinski definition) is 5. The number of nitrogens with one attached hydrogen (secondary N) is 1. The van der Waals surface area contributed by atoms with Crippen molar-refractivity contribution in [3.63, 3.8) is 0 Å². The van der Waals surface area contributed by atoms with E-state index in [1.807, 2.05) is 24.3 Å². The lowest BCUT2D eigenvalue weighted by molar-refractivity contribution is -0.121. The summed E-state index contributed by atoms with van der Waals surface area (Å²) < 4.78 is 29.5. The quantitative estimate of drug-likeness (QED) is 0.470. The number of methoxy groups -OCH3 is 1. The minimum absolute atomic E-state index is 0.103. The number of rotatable bonds is 9. The Balaban J connectivity index is 1.30. The molecule has 0 unspecified atom stereocenters. The average molecular weight is 464 g/mol. The molecule has 7 nitrogen and oxygen atoms in total. The van der Waals surface area contributed by atoms with Crippen LogP contribution in [-0.4, -0.2) is 32.1 Å². The number of hydrogen-bond donors (Lipinski definition) is 1. The molecule has 1 heterocycles. The molecule has 0 radical (unpaired) electrons. The maximum atomic E-state index is 13.2. The second-order valence-corrected chi connectivity index (χ2v) is 7.75. The maximum Gasteiger partial charge on any atom is 0.265 e. The minimum atomic E-state index is -0.329. The van der Waals surface area contributed by atoms with Gasteiger partial charge in [-0.15, -0.1) is 0 Å². The Kier molecular flexibility index (Phi) is 7.27. The molecule has 0 saturated heterocycles. The van der Waals surface area contributed by atoms with Crippen LogP contribution in [0.3, 0.4) is 0 Å². The van der Waals surface area contributed by atoms with Crippen LogP contribution < -0.4 is 24.4 Å². The van der Waals surface area contributed by atoms with Gasteiger partial charge in [-0.05, 0) is 60.5 Å². The number of carbonyl (C=O) groups excluding carboxylic acids is 2. The molecule has 8 heteroatoms. The highest BCUT2D eigenvalue weighted by Gasteiger charge is 2.26. The van der Waals surface area contributed by atoms with Crippen LogP contribution in [0.5, 0.6) is 17.2 Å². The molecule has 1 aliphatic heterocycles. The summed E-state index contributed by atoms with van der Waals surface area (Å²) in [7, 11) is 1.60. The van der Waals surface area contributed by atoms with Crippen LogP contribution in [-0.2, 0) is 16.1 Å². The lowest BCUT2D eigenvalue weighted by Crippen LogP contribution is -2.38. The number of anilines is 2. The van der Waals surface area contributed by atoms with Crippen molar-refractivity contribution in [2.75, 3.05) is 30.5 Å². The molecule has 0 atom stereocenters. The molecule has 0 aliphatic carbocycles. The van der Waals surface area contributed by atoms with Crippen molar-refractivity contribution in [2.24, 2.45) is 0 Å². The van der Waals surface area contributed by atoms with Crippen molar-refractivity contribution < 1.29 is 28.2 Å². The molecule has 0 saturated carbocycles. The predicted octanol–water partition coefficient (Wildman–Crippen LogP) is 4.56. The molecular formula is C26H25FN2O5. The Hall–Kier alpha value is -4.07. The van der Waals surface area contributed by atoms with Crippen LogP contribution in [0, 0.1) is 5.82 Å². The average Bonchev–Trinajstić information content (AvgIpc) is 2.85. The van der Waals surface area contributed by atoms with Crippen LogP contribution in [0.25, 0.3) is 0 Å². The summed E-state index contributed by atoms with van der Waals surface area (Å²) >= 11 is 0. The number of halogens is 1. The number of benzene rings is 3. The molecule has 3 aromatic carbocycles. The van der Waals surface area contributed by atoms with Crippen LogP contribution in [0.1, 0.15) is 18.4 Å². The third-order valence-corrected chi connectivity index (χ3v) is 5.32. The molecule has 34 heavy (non-hydrogen) atoms. The van der Waals surface area contributed by atoms with E-state index in [0.29, 0.717) is 48.9 Å². The third kappa shape index (κ3) is 5.83. The molecule has 0 aromatic heterocycles. The van der Waals surface area contributed by atoms with E-state index in [-0.39, 0.29) is 24.2 Å². The lowest BCUT2D eigenvalue weighted by Gasteiger charge is -2.29. The second-order valence-electron chi connectivity index (χ2n) is 7.75. The summed E-state index contributed by atoms with van der Waals surface area (Å²) in [5, 5.41) is 2.85. The summed E-state index contributed by atoms with van der Waals surface area (Å²) in [6, 6.07) is 18.4. The van der Waals surface area contributed by atoms with Gasteiger partial charge in [-0.2, -0.15) is 0 Å². The third-order valence-electron chi connectivity index (χ3n) is 5.32. The van der Waals surface area contributed by atoms with Gasteiger partial charge >= 0.3 is 0 Å². The first kappa shape index (κ1) is 23.1. The van der Waals surface area contributed by atoms with Gasteiger partial charge in [-0.3, -0.25) is 9.59 Å². The first-order chi connectivity index (χ1) is 16.5. The Morgan fingerprint density at radius 2 is 1.79 bits per heavy atom. The molecule has 176 valence electrons. The van der Waals surface area contributed by atoms with Crippen LogP contribution in [0.15, 0.2) is 66.7 Å². The number of carbonyl (C=O) groups is 2. The van der Waals surface area contributed by atoms with Gasteiger partial charge in [0.05, 0.1) is 25.9 Å². The fraction of sp³-hybridized carbons (Fsp3) is 0.231. The number of nitrogens with zero attached hydrogens (tertiary/aromatic N) is 1. The summed E-state index contributed by atoms with van der Waals surface area (Å²) in [5.74, 6) is 1.31. The van der Waals surface area contributed by atoms with Gasteiger partial charge in [-0.25, -0.2) is 4.39 Å². The molecule has 4 rings (SSSR count). The van der Waals surface area contributed by atoms with E-state index in [0.717, 1.165) is 11.3 Å². The molecule has 2 amide bonds. The lowest BCUT2D eigenvalue weighted by atomic mass is 10.1. The van der Waals surface area contributed by atoms with Gasteiger partial charge in [0.2, 0.25) is 5.91 Å². The Labute approximate surface area is 197 Å². The fourth-order valence-corrected chi connectivity index (χ4v) is 3.55. The predicted molar refractivity (Wildman–Crippen MR) is 126 cm³/mol. The van der Waals surface area contributed by atoms with Crippen LogP contribution in [0.4, 0.5) is 15.8 Å². The monoisotopic (exact) mass is 464 g/mol. The molecule has 1 aliphatic rings. The summed E-state index contributed by atoms with van der Waals surface area (Å²) in [4.78, 5) is 26.3. The molecule has 1 N–H and O–H groups in total. The minimum Gasteiger partial charge on any atom is -0.497 e. The SMILES string of the molecule is COc1ccc(OCCCC(=O)Nc2ccc3c(c2)OCC(=O)N3Cc2ccc(F)cc2)cc1. The van der Waals surface area contributed by atoms with Crippen molar-refractivity contribution in [3.05, 3.63) is 78.1 Å². The van der Waals surface area contributed by atoms with Crippen molar-refractivity contribution in [3.8, 4) is 17.2 Å². The summed E-state index contributed by atoms with van der Waals surface area (Å²) in [6.07, 6.45) is 0.850. The molecule has 0 spiro atoms. The molecule has 0 fully saturated rings. The van der Waals surface area contributed by atoms with E-state index in [2.05, 4.69) is 5.32 Å². The van der Waals surface area contributed by atoms with Crippen molar-refractivity contribution in [1.82, 2.24) is 0 Å². The number of amides is 2. The highest BCUT2D eigenvalue weighted by molar-refractivity contribution is 5.99. The topological polar surface area (TPSA) is 77.1 Å². The van der Waals surface area contributed by atoms with E-state index >= 15 is 0 Å². The maximum absolute atomic E-state index is 13.2. The number of ether oxygens (including phenoxy) is 3. The summed E-state index contributed by atoms with van der Waals surface area (Å²) in [6.45, 7) is 0.608. The highest BCUT2D eigenvalue weighted by atomic mass is 19.1. The van der Waals surface area contributed by atoms with Crippen LogP contribution in [0.2, 0.25) is 0 Å². The zero-order chi connectivity index (χ0) is 23.9. The zero-order valence-electron chi connectivity index (χ0n) is 18.8. The van der Waals surface area contributed by atoms with Gasteiger partial charge < -0.3 is 24.4 Å². The van der Waals surface area contributed by atoms with Gasteiger partial charge in [0, 0.05) is 18.2 Å². The first-order valence-electron chi connectivity index (χ1n) is 10.9. The Morgan fingerprint density at radius 1 is 1.06 bits per heavy atom. The Morgan fingerprint density at radius 3 is 2.53 bits per heavy atom. The normalized spacial score (nSPS) is 12.5. The standard InChI is InChI=1S/C26H25FN2O5/c1-32-21-9-11-22(12-10-21)33-14-2-3-25(30)28-20-8-13-23-24(15-20)34-17-26(31)29(23)16-18-4-6-19(27)7-5-18/h4-13,15H,2-3,14,16-17H2,1H3,(H,28,30). The van der Waals surface area contributed by atoms with Gasteiger partial charge in [0.1, 0.15) is 23.1 Å². The van der Waals surface area contributed by atoms with Crippen molar-refractivity contribution in [1.29, 1.82) is 0 Å². The molecule has 3 aromatic rings. The van der Waals surface area contributed by atoms with Crippen molar-refractivity contribution in [2.45, 2.75) is 19.4 Å². The zero-order valence-corrected chi connectivity index (χ0v) is 18.8. The summed E-state index contributed by atoms with van der Waals surface area (Å²) in [5.41, 5.74) is 1.99. The smallest absolute Gasteiger partial charge is 0.265 e. The molecular weight excluding hydrogens is 439 g/mol. The van der Waals surface area contributed by atoms with E-state index in [1.54, 1.807) is 42.3 Å². The van der Waals surface area contributed by atoms with Gasteiger partial charge in [0.15, 0.2) is 6.61 Å². The van der Waals surface area contributed by atoms with E-state index in [9.17, 15) is 14.0 Å². The molecule has 0 bridgehead atoms. The van der Waals surface area contributed by atoms with E-state index in [1.165, 1.54) is 12.1 Å². The van der Waals surface area contributed by atoms with Crippen molar-refractivity contribution >= 4 is 23.2 Å². The van der Waals surface area contributed by atoms with E-state index in [4.69, 9.17) is 14.2 Å². The van der Waals surface area contributed by atoms with Gasteiger partial charge in [0.25, 0.3) is 5.91 Å². The largest absolute Gasteiger partial charge is 0.497 e. The second kappa shape index (κ2) is 10.7. The highest BCUT2D eigenvalue weighted by Crippen LogP contribution is 2.35. The fourth-order valence-electron chi connectivity index (χ4n) is 3.55. The Bertz CT molecular complexity index is 1150. The number of fused-ring (bicyclic) bond motifs is 1. The first-order valence-corrected chi connectivity index (χ1v) is 10.9. The van der Waals surface area contributed by atoms with Gasteiger partial charge in [-0.1, -0.05) is 12.1 Å². The van der Waals surface area contributed by atoms with E-state index < -0.39 is 0 Å². The van der Waals surface area contributed by atoms with Crippen LogP contribution >= 0.6 is 0 Å².